The van der Waals surface area contributed by atoms with Crippen LogP contribution in [0.1, 0.15) is 36.0 Å². The van der Waals surface area contributed by atoms with E-state index in [-0.39, 0.29) is 33.6 Å². The number of benzene rings is 2. The van der Waals surface area contributed by atoms with Gasteiger partial charge >= 0.3 is 0 Å². The molecule has 182 valence electrons. The van der Waals surface area contributed by atoms with Gasteiger partial charge in [-0.2, -0.15) is 0 Å². The molecule has 1 saturated heterocycles. The van der Waals surface area contributed by atoms with Crippen molar-refractivity contribution < 1.29 is 31.1 Å². The van der Waals surface area contributed by atoms with Gasteiger partial charge in [-0.1, -0.05) is 0 Å². The van der Waals surface area contributed by atoms with Crippen LogP contribution in [0.2, 0.25) is 0 Å². The van der Waals surface area contributed by atoms with E-state index < -0.39 is 38.4 Å². The lowest BCUT2D eigenvalue weighted by molar-refractivity contribution is 0.102. The summed E-state index contributed by atoms with van der Waals surface area (Å²) in [5.74, 6) is -5.27. The highest BCUT2D eigenvalue weighted by Crippen LogP contribution is 2.56. The van der Waals surface area contributed by atoms with E-state index in [9.17, 15) is 26.4 Å². The van der Waals surface area contributed by atoms with Gasteiger partial charge in [0.05, 0.1) is 28.0 Å². The molecule has 34 heavy (non-hydrogen) atoms. The van der Waals surface area contributed by atoms with E-state index in [2.05, 4.69) is 5.32 Å². The predicted molar refractivity (Wildman–Crippen MR) is 120 cm³/mol. The second-order valence-electron chi connectivity index (χ2n) is 9.77. The number of amides is 1. The van der Waals surface area contributed by atoms with E-state index in [0.717, 1.165) is 25.7 Å². The maximum atomic E-state index is 13.9. The zero-order chi connectivity index (χ0) is 24.4. The predicted octanol–water partition coefficient (Wildman–Crippen LogP) is 4.15. The van der Waals surface area contributed by atoms with Gasteiger partial charge in [0.15, 0.2) is 27.3 Å². The third-order valence-electron chi connectivity index (χ3n) is 7.27. The minimum absolute atomic E-state index is 0.00362. The number of rotatable bonds is 5. The van der Waals surface area contributed by atoms with E-state index in [1.165, 1.54) is 12.1 Å². The second-order valence-corrected chi connectivity index (χ2v) is 11.8. The Morgan fingerprint density at radius 1 is 1.06 bits per heavy atom. The fourth-order valence-electron chi connectivity index (χ4n) is 5.69. The van der Waals surface area contributed by atoms with Crippen molar-refractivity contribution in [3.05, 3.63) is 53.3 Å². The van der Waals surface area contributed by atoms with Gasteiger partial charge in [0.25, 0.3) is 5.91 Å². The molecule has 1 spiro atoms. The van der Waals surface area contributed by atoms with Crippen molar-refractivity contribution in [1.29, 1.82) is 0 Å². The molecule has 1 amide bonds. The van der Waals surface area contributed by atoms with Crippen molar-refractivity contribution in [2.75, 3.05) is 30.9 Å². The van der Waals surface area contributed by atoms with Crippen molar-refractivity contribution in [3.63, 3.8) is 0 Å². The minimum Gasteiger partial charge on any atom is -0.377 e. The summed E-state index contributed by atoms with van der Waals surface area (Å²) in [4.78, 5) is 14.5. The number of halogens is 3. The van der Waals surface area contributed by atoms with Crippen LogP contribution in [-0.4, -0.2) is 45.9 Å². The van der Waals surface area contributed by atoms with Crippen LogP contribution in [0.25, 0.3) is 0 Å². The number of nitrogens with zero attached hydrogens (tertiary/aromatic N) is 1. The Balaban J connectivity index is 1.48. The van der Waals surface area contributed by atoms with Gasteiger partial charge in [-0.3, -0.25) is 4.79 Å². The smallest absolute Gasteiger partial charge is 0.255 e. The number of anilines is 2. The molecule has 4 atom stereocenters. The molecule has 0 radical (unpaired) electrons. The van der Waals surface area contributed by atoms with Crippen LogP contribution in [0.3, 0.4) is 0 Å². The number of epoxide rings is 1. The topological polar surface area (TPSA) is 79.0 Å². The molecule has 10 heteroatoms. The Bertz CT molecular complexity index is 1240. The molecule has 1 N–H and O–H groups in total. The molecule has 2 aromatic rings. The first-order chi connectivity index (χ1) is 16.0. The number of sulfone groups is 1. The van der Waals surface area contributed by atoms with Gasteiger partial charge in [0, 0.05) is 37.5 Å². The summed E-state index contributed by atoms with van der Waals surface area (Å²) in [6.07, 6.45) is 3.12. The molecule has 3 aliphatic rings. The summed E-state index contributed by atoms with van der Waals surface area (Å²) in [6, 6.07) is 5.63. The van der Waals surface area contributed by atoms with Gasteiger partial charge in [-0.05, 0) is 55.7 Å². The molecule has 3 fully saturated rings. The number of hydrogen-bond acceptors (Lipinski definition) is 5. The number of nitrogens with one attached hydrogen (secondary N) is 1. The van der Waals surface area contributed by atoms with Crippen molar-refractivity contribution >= 4 is 27.1 Å². The molecule has 1 heterocycles. The van der Waals surface area contributed by atoms with Gasteiger partial charge in [-0.25, -0.2) is 21.6 Å². The second kappa shape index (κ2) is 7.98. The van der Waals surface area contributed by atoms with E-state index in [4.69, 9.17) is 4.74 Å². The molecule has 2 saturated carbocycles. The monoisotopic (exact) mass is 494 g/mol. The van der Waals surface area contributed by atoms with Crippen LogP contribution in [0.4, 0.5) is 24.5 Å². The van der Waals surface area contributed by atoms with Crippen LogP contribution < -0.4 is 10.2 Å². The highest BCUT2D eigenvalue weighted by molar-refractivity contribution is 7.92. The van der Waals surface area contributed by atoms with Crippen LogP contribution >= 0.6 is 0 Å². The minimum atomic E-state index is -3.79. The average molecular weight is 495 g/mol. The molecular weight excluding hydrogens is 469 g/mol. The van der Waals surface area contributed by atoms with E-state index in [0.29, 0.717) is 24.4 Å². The third kappa shape index (κ3) is 3.86. The van der Waals surface area contributed by atoms with Gasteiger partial charge in [-0.15, -0.1) is 0 Å². The van der Waals surface area contributed by atoms with Crippen molar-refractivity contribution in [3.8, 4) is 0 Å². The zero-order valence-electron chi connectivity index (χ0n) is 18.8. The Kier molecular flexibility index (Phi) is 5.44. The van der Waals surface area contributed by atoms with Gasteiger partial charge in [0.1, 0.15) is 0 Å². The Hall–Kier alpha value is -2.59. The molecule has 0 aromatic heterocycles. The largest absolute Gasteiger partial charge is 0.377 e. The maximum Gasteiger partial charge on any atom is 0.255 e. The summed E-state index contributed by atoms with van der Waals surface area (Å²) in [6.45, 7) is 0.690. The number of carbonyl (C=O) groups is 1. The molecule has 6 nitrogen and oxygen atoms in total. The molecule has 2 bridgehead atoms. The Morgan fingerprint density at radius 3 is 2.18 bits per heavy atom. The van der Waals surface area contributed by atoms with E-state index >= 15 is 0 Å². The molecule has 2 aromatic carbocycles. The van der Waals surface area contributed by atoms with Gasteiger partial charge < -0.3 is 15.0 Å². The average Bonchev–Trinajstić information content (AvgIpc) is 3.45. The molecule has 1 aliphatic heterocycles. The number of ether oxygens (including phenoxy) is 1. The SMILES string of the molecule is CN(C)c1ccc(C(=O)Nc2cc(F)c(F)c(F)c2)cc1S(=O)(=O)C1C2CC[C@@H]1C[C@]1(CO1)C2. The van der Waals surface area contributed by atoms with Crippen LogP contribution in [-0.2, 0) is 14.6 Å². The van der Waals surface area contributed by atoms with E-state index in [1.54, 1.807) is 25.1 Å². The van der Waals surface area contributed by atoms with Crippen molar-refractivity contribution in [1.82, 2.24) is 0 Å². The standard InChI is InChI=1S/C24H25F3N2O4S/c1-29(2)19-6-5-13(23(30)28-16-8-17(25)21(27)18(26)9-16)7-20(19)34(31,32)22-14-3-4-15(22)11-24(10-14)12-33-24/h5-9,14-15,22H,3-4,10-12H2,1-2H3,(H,28,30)/t14-,15?,22?,24-/m1/s1. The summed E-state index contributed by atoms with van der Waals surface area (Å²) >= 11 is 0. The molecular formula is C24H25F3N2O4S. The molecule has 2 aliphatic carbocycles. The fraction of sp³-hybridized carbons (Fsp3) is 0.458. The summed E-state index contributed by atoms with van der Waals surface area (Å²) < 4.78 is 73.8. The number of carbonyl (C=O) groups excluding carboxylic acids is 1. The first-order valence-corrected chi connectivity index (χ1v) is 12.7. The first kappa shape index (κ1) is 23.2. The lowest BCUT2D eigenvalue weighted by atomic mass is 9.81. The zero-order valence-corrected chi connectivity index (χ0v) is 19.6. The third-order valence-corrected chi connectivity index (χ3v) is 9.70. The summed E-state index contributed by atoms with van der Waals surface area (Å²) in [5.41, 5.74) is 0.0451. The maximum absolute atomic E-state index is 13.9. The lowest BCUT2D eigenvalue weighted by Gasteiger charge is -2.34. The van der Waals surface area contributed by atoms with Crippen molar-refractivity contribution in [2.24, 2.45) is 11.8 Å². The molecule has 5 rings (SSSR count). The Morgan fingerprint density at radius 2 is 1.65 bits per heavy atom. The fourth-order valence-corrected chi connectivity index (χ4v) is 8.30. The van der Waals surface area contributed by atoms with Crippen LogP contribution in [0.15, 0.2) is 35.2 Å². The van der Waals surface area contributed by atoms with Crippen molar-refractivity contribution in [2.45, 2.75) is 41.4 Å². The van der Waals surface area contributed by atoms with Crippen LogP contribution in [0.5, 0.6) is 0 Å². The normalized spacial score (nSPS) is 27.6. The summed E-state index contributed by atoms with van der Waals surface area (Å²) in [5, 5.41) is 1.77. The quantitative estimate of drug-likeness (QED) is 0.499. The summed E-state index contributed by atoms with van der Waals surface area (Å²) in [7, 11) is -0.345. The first-order valence-electron chi connectivity index (χ1n) is 11.2. The van der Waals surface area contributed by atoms with Gasteiger partial charge in [0.2, 0.25) is 0 Å². The number of fused-ring (bicyclic) bond motifs is 2. The highest BCUT2D eigenvalue weighted by Gasteiger charge is 2.60. The Labute approximate surface area is 196 Å². The lowest BCUT2D eigenvalue weighted by Crippen LogP contribution is -2.41. The molecule has 2 unspecified atom stereocenters. The van der Waals surface area contributed by atoms with E-state index in [1.807, 2.05) is 0 Å². The van der Waals surface area contributed by atoms with Crippen LogP contribution in [0, 0.1) is 29.3 Å². The number of hydrogen-bond donors (Lipinski definition) is 1. The highest BCUT2D eigenvalue weighted by atomic mass is 32.2.